The third kappa shape index (κ3) is 5.55. The predicted octanol–water partition coefficient (Wildman–Crippen LogP) is 0.985. The number of nitrogens with one attached hydrogen (secondary N) is 2. The first-order valence-corrected chi connectivity index (χ1v) is 12.4. The van der Waals surface area contributed by atoms with Crippen molar-refractivity contribution < 1.29 is 17.8 Å². The van der Waals surface area contributed by atoms with Crippen LogP contribution in [0.1, 0.15) is 17.5 Å². The smallest absolute Gasteiger partial charge is 0.223 e. The summed E-state index contributed by atoms with van der Waals surface area (Å²) in [4.78, 5) is 18.5. The standard InChI is InChI=1S/C22H26N6O4S/c1-28(14-10-16-5-7-17(8-6-16)22-24-12-13-25-22)20(29)9-11-23-15-33(30,31)19-4-2-3-18-21(19)27-32-26-18/h2-8,23H,9-15H2,1H3,(H,24,25). The highest BCUT2D eigenvalue weighted by atomic mass is 32.2. The fourth-order valence-corrected chi connectivity index (χ4v) is 4.84. The molecule has 2 N–H and O–H groups in total. The number of likely N-dealkylation sites (N-methyl/N-ethyl adjacent to an activating group) is 1. The highest BCUT2D eigenvalue weighted by Crippen LogP contribution is 2.20. The second kappa shape index (κ2) is 10.1. The summed E-state index contributed by atoms with van der Waals surface area (Å²) in [6, 6.07) is 12.9. The molecule has 33 heavy (non-hydrogen) atoms. The van der Waals surface area contributed by atoms with Crippen molar-refractivity contribution in [3.63, 3.8) is 0 Å². The number of nitrogens with zero attached hydrogens (tertiary/aromatic N) is 4. The number of carbonyl (C=O) groups is 1. The van der Waals surface area contributed by atoms with Crippen molar-refractivity contribution in [1.82, 2.24) is 25.8 Å². The number of hydrogen-bond acceptors (Lipinski definition) is 9. The van der Waals surface area contributed by atoms with E-state index in [-0.39, 0.29) is 35.2 Å². The highest BCUT2D eigenvalue weighted by Gasteiger charge is 2.20. The van der Waals surface area contributed by atoms with Crippen molar-refractivity contribution in [3.05, 3.63) is 53.6 Å². The summed E-state index contributed by atoms with van der Waals surface area (Å²) >= 11 is 0. The van der Waals surface area contributed by atoms with E-state index in [1.54, 1.807) is 24.1 Å². The van der Waals surface area contributed by atoms with Gasteiger partial charge < -0.3 is 15.5 Å². The summed E-state index contributed by atoms with van der Waals surface area (Å²) < 4.78 is 29.8. The topological polar surface area (TPSA) is 130 Å². The normalized spacial score (nSPS) is 13.7. The summed E-state index contributed by atoms with van der Waals surface area (Å²) in [6.45, 7) is 2.51. The summed E-state index contributed by atoms with van der Waals surface area (Å²) in [5.74, 6) is 0.573. The van der Waals surface area contributed by atoms with E-state index in [0.717, 1.165) is 36.5 Å². The molecule has 0 unspecified atom stereocenters. The molecule has 0 radical (unpaired) electrons. The molecule has 0 saturated heterocycles. The van der Waals surface area contributed by atoms with Crippen LogP contribution in [0.5, 0.6) is 0 Å². The molecular weight excluding hydrogens is 444 g/mol. The van der Waals surface area contributed by atoms with Gasteiger partial charge in [-0.2, -0.15) is 0 Å². The number of aliphatic imine (C=N–C) groups is 1. The van der Waals surface area contributed by atoms with Gasteiger partial charge in [0.25, 0.3) is 0 Å². The quantitative estimate of drug-likeness (QED) is 0.420. The molecule has 1 amide bonds. The van der Waals surface area contributed by atoms with Crippen LogP contribution in [0.15, 0.2) is 57.0 Å². The van der Waals surface area contributed by atoms with E-state index in [2.05, 4.69) is 30.6 Å². The zero-order valence-corrected chi connectivity index (χ0v) is 19.1. The average molecular weight is 471 g/mol. The molecular formula is C22H26N6O4S. The zero-order chi connectivity index (χ0) is 23.3. The van der Waals surface area contributed by atoms with Gasteiger partial charge in [0.2, 0.25) is 5.91 Å². The SMILES string of the molecule is CN(CCc1ccc(C2=NCCN2)cc1)C(=O)CCNCS(=O)(=O)c1cccc2nonc12. The van der Waals surface area contributed by atoms with Gasteiger partial charge in [-0.3, -0.25) is 9.79 Å². The van der Waals surface area contributed by atoms with Crippen LogP contribution in [0.2, 0.25) is 0 Å². The molecule has 1 aliphatic heterocycles. The molecule has 3 aromatic rings. The maximum Gasteiger partial charge on any atom is 0.223 e. The Balaban J connectivity index is 1.20. The van der Waals surface area contributed by atoms with Crippen molar-refractivity contribution in [2.45, 2.75) is 17.7 Å². The van der Waals surface area contributed by atoms with Gasteiger partial charge in [0, 0.05) is 38.7 Å². The lowest BCUT2D eigenvalue weighted by molar-refractivity contribution is -0.129. The van der Waals surface area contributed by atoms with Gasteiger partial charge in [-0.15, -0.1) is 0 Å². The molecule has 0 bridgehead atoms. The Morgan fingerprint density at radius 1 is 1.18 bits per heavy atom. The van der Waals surface area contributed by atoms with E-state index in [1.807, 2.05) is 24.3 Å². The van der Waals surface area contributed by atoms with E-state index in [1.165, 1.54) is 6.07 Å². The Kier molecular flexibility index (Phi) is 6.99. The fraction of sp³-hybridized carbons (Fsp3) is 0.364. The molecule has 174 valence electrons. The second-order valence-electron chi connectivity index (χ2n) is 7.82. The maximum absolute atomic E-state index is 12.6. The number of fused-ring (bicyclic) bond motifs is 1. The van der Waals surface area contributed by atoms with Crippen molar-refractivity contribution >= 4 is 32.6 Å². The van der Waals surface area contributed by atoms with Crippen LogP contribution in [-0.4, -0.2) is 74.5 Å². The fourth-order valence-electron chi connectivity index (χ4n) is 3.54. The van der Waals surface area contributed by atoms with Crippen LogP contribution in [0.4, 0.5) is 0 Å². The summed E-state index contributed by atoms with van der Waals surface area (Å²) in [7, 11) is -1.89. The Morgan fingerprint density at radius 3 is 2.76 bits per heavy atom. The van der Waals surface area contributed by atoms with Crippen molar-refractivity contribution in [2.24, 2.45) is 4.99 Å². The van der Waals surface area contributed by atoms with E-state index in [0.29, 0.717) is 12.1 Å². The van der Waals surface area contributed by atoms with Crippen LogP contribution in [-0.2, 0) is 21.1 Å². The largest absolute Gasteiger partial charge is 0.368 e. The predicted molar refractivity (Wildman–Crippen MR) is 124 cm³/mol. The molecule has 0 saturated carbocycles. The third-order valence-corrected chi connectivity index (χ3v) is 7.04. The van der Waals surface area contributed by atoms with Crippen molar-refractivity contribution in [1.29, 1.82) is 0 Å². The maximum atomic E-state index is 12.6. The number of amides is 1. The summed E-state index contributed by atoms with van der Waals surface area (Å²) in [5, 5.41) is 13.4. The monoisotopic (exact) mass is 470 g/mol. The van der Waals surface area contributed by atoms with Gasteiger partial charge in [-0.1, -0.05) is 30.3 Å². The van der Waals surface area contributed by atoms with Gasteiger partial charge in [0.1, 0.15) is 17.2 Å². The minimum absolute atomic E-state index is 0.0520. The molecule has 10 nitrogen and oxygen atoms in total. The van der Waals surface area contributed by atoms with Gasteiger partial charge in [-0.05, 0) is 34.4 Å². The molecule has 0 atom stereocenters. The lowest BCUT2D eigenvalue weighted by atomic mass is 10.1. The Labute approximate surface area is 191 Å². The van der Waals surface area contributed by atoms with E-state index in [9.17, 15) is 13.2 Å². The number of benzene rings is 2. The molecule has 0 fully saturated rings. The molecule has 0 aliphatic carbocycles. The van der Waals surface area contributed by atoms with E-state index in [4.69, 9.17) is 0 Å². The minimum atomic E-state index is -3.64. The lowest BCUT2D eigenvalue weighted by Crippen LogP contribution is -2.33. The number of rotatable bonds is 10. The van der Waals surface area contributed by atoms with E-state index >= 15 is 0 Å². The lowest BCUT2D eigenvalue weighted by Gasteiger charge is -2.17. The molecule has 1 aromatic heterocycles. The minimum Gasteiger partial charge on any atom is -0.368 e. The van der Waals surface area contributed by atoms with Crippen LogP contribution >= 0.6 is 0 Å². The first kappa shape index (κ1) is 22.9. The van der Waals surface area contributed by atoms with Crippen LogP contribution < -0.4 is 10.6 Å². The van der Waals surface area contributed by atoms with Gasteiger partial charge in [-0.25, -0.2) is 13.0 Å². The third-order valence-electron chi connectivity index (χ3n) is 5.45. The number of sulfone groups is 1. The van der Waals surface area contributed by atoms with Crippen LogP contribution in [0.25, 0.3) is 11.0 Å². The molecule has 2 heterocycles. The Morgan fingerprint density at radius 2 is 2.00 bits per heavy atom. The second-order valence-corrected chi connectivity index (χ2v) is 9.77. The molecule has 0 spiro atoms. The van der Waals surface area contributed by atoms with Crippen LogP contribution in [0, 0.1) is 0 Å². The zero-order valence-electron chi connectivity index (χ0n) is 18.3. The Bertz CT molecular complexity index is 1250. The first-order chi connectivity index (χ1) is 15.9. The van der Waals surface area contributed by atoms with Gasteiger partial charge in [0.15, 0.2) is 15.4 Å². The van der Waals surface area contributed by atoms with Gasteiger partial charge >= 0.3 is 0 Å². The number of carbonyl (C=O) groups excluding carboxylic acids is 1. The number of aromatic nitrogens is 2. The van der Waals surface area contributed by atoms with Crippen LogP contribution in [0.3, 0.4) is 0 Å². The summed E-state index contributed by atoms with van der Waals surface area (Å²) in [5.41, 5.74) is 2.79. The number of amidine groups is 1. The number of hydrogen-bond donors (Lipinski definition) is 2. The molecule has 4 rings (SSSR count). The van der Waals surface area contributed by atoms with Crippen molar-refractivity contribution in [3.8, 4) is 0 Å². The van der Waals surface area contributed by atoms with Gasteiger partial charge in [0.05, 0.1) is 11.4 Å². The molecule has 1 aliphatic rings. The van der Waals surface area contributed by atoms with Crippen molar-refractivity contribution in [2.75, 3.05) is 39.1 Å². The molecule has 11 heteroatoms. The summed E-state index contributed by atoms with van der Waals surface area (Å²) in [6.07, 6.45) is 0.937. The highest BCUT2D eigenvalue weighted by molar-refractivity contribution is 7.91. The average Bonchev–Trinajstić information content (AvgIpc) is 3.52. The molecule has 2 aromatic carbocycles. The van der Waals surface area contributed by atoms with E-state index < -0.39 is 9.84 Å². The first-order valence-electron chi connectivity index (χ1n) is 10.7. The Hall–Kier alpha value is -3.31.